The monoisotopic (exact) mass is 258 g/mol. The van der Waals surface area contributed by atoms with Crippen LogP contribution >= 0.6 is 11.6 Å². The molecule has 0 heterocycles. The molecule has 4 nitrogen and oxygen atoms in total. The fourth-order valence-corrected chi connectivity index (χ4v) is 1.46. The molecule has 0 radical (unpaired) electrons. The number of halogens is 2. The lowest BCUT2D eigenvalue weighted by Crippen LogP contribution is -2.32. The van der Waals surface area contributed by atoms with E-state index in [0.717, 1.165) is 0 Å². The third kappa shape index (κ3) is 4.40. The third-order valence-corrected chi connectivity index (χ3v) is 2.40. The molecule has 1 N–H and O–H groups in total. The maximum Gasteiger partial charge on any atom is 0.224 e. The highest BCUT2D eigenvalue weighted by Crippen LogP contribution is 2.19. The second kappa shape index (κ2) is 6.20. The first-order chi connectivity index (χ1) is 8.00. The molecule has 0 atom stereocenters. The van der Waals surface area contributed by atoms with E-state index < -0.39 is 17.7 Å². The molecule has 0 aliphatic heterocycles. The SMILES string of the molecule is O=C([O-])CCNC(=O)Cc1c(F)cccc1Cl. The van der Waals surface area contributed by atoms with Gasteiger partial charge < -0.3 is 15.2 Å². The molecule has 1 amide bonds. The number of hydrogen-bond acceptors (Lipinski definition) is 3. The molecule has 0 aromatic heterocycles. The van der Waals surface area contributed by atoms with E-state index in [1.54, 1.807) is 0 Å². The van der Waals surface area contributed by atoms with Crippen molar-refractivity contribution in [3.63, 3.8) is 0 Å². The fraction of sp³-hybridized carbons (Fsp3) is 0.273. The van der Waals surface area contributed by atoms with Crippen LogP contribution in [-0.4, -0.2) is 18.4 Å². The molecule has 17 heavy (non-hydrogen) atoms. The summed E-state index contributed by atoms with van der Waals surface area (Å²) in [6.07, 6.45) is -0.505. The highest BCUT2D eigenvalue weighted by molar-refractivity contribution is 6.31. The van der Waals surface area contributed by atoms with Crippen LogP contribution < -0.4 is 10.4 Å². The Bertz CT molecular complexity index is 416. The number of nitrogens with one attached hydrogen (secondary N) is 1. The number of carbonyl (C=O) groups excluding carboxylic acids is 2. The molecule has 0 aliphatic rings. The summed E-state index contributed by atoms with van der Waals surface area (Å²) in [5, 5.41) is 12.6. The minimum atomic E-state index is -1.26. The summed E-state index contributed by atoms with van der Waals surface area (Å²) in [5.74, 6) is -2.31. The number of amides is 1. The molecule has 0 aliphatic carbocycles. The van der Waals surface area contributed by atoms with Gasteiger partial charge in [0, 0.05) is 29.5 Å². The van der Waals surface area contributed by atoms with Gasteiger partial charge in [-0.3, -0.25) is 4.79 Å². The van der Waals surface area contributed by atoms with Crippen molar-refractivity contribution in [1.82, 2.24) is 5.32 Å². The van der Waals surface area contributed by atoms with Crippen LogP contribution in [0.2, 0.25) is 5.02 Å². The lowest BCUT2D eigenvalue weighted by Gasteiger charge is -2.07. The number of carboxylic acid groups (broad SMARTS) is 1. The van der Waals surface area contributed by atoms with Crippen LogP contribution in [0.15, 0.2) is 18.2 Å². The zero-order valence-corrected chi connectivity index (χ0v) is 9.59. The van der Waals surface area contributed by atoms with Crippen molar-refractivity contribution in [2.75, 3.05) is 6.54 Å². The summed E-state index contributed by atoms with van der Waals surface area (Å²) in [7, 11) is 0. The summed E-state index contributed by atoms with van der Waals surface area (Å²) in [6.45, 7) is -0.0484. The largest absolute Gasteiger partial charge is 0.550 e. The molecule has 0 bridgehead atoms. The Morgan fingerprint density at radius 1 is 1.41 bits per heavy atom. The molecule has 0 unspecified atom stereocenters. The van der Waals surface area contributed by atoms with Gasteiger partial charge in [-0.2, -0.15) is 0 Å². The first-order valence-electron chi connectivity index (χ1n) is 4.90. The standard InChI is InChI=1S/C11H11ClFNO3/c12-8-2-1-3-9(13)7(8)6-10(15)14-5-4-11(16)17/h1-3H,4-6H2,(H,14,15)(H,16,17)/p-1. The number of carbonyl (C=O) groups is 2. The molecule has 92 valence electrons. The average Bonchev–Trinajstić information content (AvgIpc) is 2.23. The summed E-state index contributed by atoms with van der Waals surface area (Å²) >= 11 is 5.73. The molecule has 0 spiro atoms. The Labute approximate surface area is 102 Å². The molecular weight excluding hydrogens is 249 g/mol. The molecule has 0 fully saturated rings. The first-order valence-corrected chi connectivity index (χ1v) is 5.28. The van der Waals surface area contributed by atoms with Crippen molar-refractivity contribution in [2.24, 2.45) is 0 Å². The van der Waals surface area contributed by atoms with E-state index in [4.69, 9.17) is 11.6 Å². The minimum Gasteiger partial charge on any atom is -0.550 e. The highest BCUT2D eigenvalue weighted by Gasteiger charge is 2.11. The predicted octanol–water partition coefficient (Wildman–Crippen LogP) is 0.278. The lowest BCUT2D eigenvalue weighted by molar-refractivity contribution is -0.305. The van der Waals surface area contributed by atoms with E-state index in [-0.39, 0.29) is 30.0 Å². The van der Waals surface area contributed by atoms with Crippen LogP contribution in [0.1, 0.15) is 12.0 Å². The van der Waals surface area contributed by atoms with Crippen LogP contribution in [-0.2, 0) is 16.0 Å². The van der Waals surface area contributed by atoms with Crippen LogP contribution in [0.3, 0.4) is 0 Å². The lowest BCUT2D eigenvalue weighted by atomic mass is 10.1. The van der Waals surface area contributed by atoms with Crippen LogP contribution in [0.5, 0.6) is 0 Å². The van der Waals surface area contributed by atoms with E-state index in [1.165, 1.54) is 18.2 Å². The maximum absolute atomic E-state index is 13.3. The van der Waals surface area contributed by atoms with E-state index in [0.29, 0.717) is 0 Å². The average molecular weight is 259 g/mol. The van der Waals surface area contributed by atoms with Gasteiger partial charge in [0.1, 0.15) is 5.82 Å². The molecule has 6 heteroatoms. The molecule has 0 saturated carbocycles. The normalized spacial score (nSPS) is 10.0. The van der Waals surface area contributed by atoms with Gasteiger partial charge >= 0.3 is 0 Å². The van der Waals surface area contributed by atoms with Gasteiger partial charge in [-0.15, -0.1) is 0 Å². The van der Waals surface area contributed by atoms with Gasteiger partial charge in [0.25, 0.3) is 0 Å². The first kappa shape index (κ1) is 13.4. The van der Waals surface area contributed by atoms with E-state index in [1.807, 2.05) is 0 Å². The molecule has 1 aromatic carbocycles. The smallest absolute Gasteiger partial charge is 0.224 e. The van der Waals surface area contributed by atoms with E-state index in [9.17, 15) is 19.1 Å². The number of benzene rings is 1. The van der Waals surface area contributed by atoms with Crippen molar-refractivity contribution in [1.29, 1.82) is 0 Å². The van der Waals surface area contributed by atoms with Gasteiger partial charge in [0.05, 0.1) is 6.42 Å². The Morgan fingerprint density at radius 3 is 2.71 bits per heavy atom. The van der Waals surface area contributed by atoms with Gasteiger partial charge in [0.2, 0.25) is 5.91 Å². The predicted molar refractivity (Wildman–Crippen MR) is 57.7 cm³/mol. The van der Waals surface area contributed by atoms with Crippen molar-refractivity contribution in [2.45, 2.75) is 12.8 Å². The van der Waals surface area contributed by atoms with Gasteiger partial charge in [-0.25, -0.2) is 4.39 Å². The minimum absolute atomic E-state index is 0.0484. The van der Waals surface area contributed by atoms with Crippen molar-refractivity contribution in [3.8, 4) is 0 Å². The molecular formula is C11H10ClFNO3-. The van der Waals surface area contributed by atoms with E-state index in [2.05, 4.69) is 5.32 Å². The summed E-state index contributed by atoms with van der Waals surface area (Å²) in [4.78, 5) is 21.5. The quantitative estimate of drug-likeness (QED) is 0.825. The number of rotatable bonds is 5. The van der Waals surface area contributed by atoms with Crippen LogP contribution in [0.4, 0.5) is 4.39 Å². The molecule has 1 rings (SSSR count). The van der Waals surface area contributed by atoms with E-state index >= 15 is 0 Å². The number of aliphatic carboxylic acids is 1. The summed E-state index contributed by atoms with van der Waals surface area (Å²) in [6, 6.07) is 4.12. The Kier molecular flexibility index (Phi) is 4.90. The second-order valence-corrected chi connectivity index (χ2v) is 3.76. The highest BCUT2D eigenvalue weighted by atomic mass is 35.5. The van der Waals surface area contributed by atoms with Crippen molar-refractivity contribution < 1.29 is 19.1 Å². The van der Waals surface area contributed by atoms with Crippen LogP contribution in [0, 0.1) is 5.82 Å². The Morgan fingerprint density at radius 2 is 2.12 bits per heavy atom. The number of carboxylic acids is 1. The summed E-state index contributed by atoms with van der Waals surface area (Å²) < 4.78 is 13.3. The molecule has 1 aromatic rings. The van der Waals surface area contributed by atoms with Gasteiger partial charge in [-0.05, 0) is 12.1 Å². The van der Waals surface area contributed by atoms with Crippen LogP contribution in [0.25, 0.3) is 0 Å². The number of hydrogen-bond donors (Lipinski definition) is 1. The zero-order chi connectivity index (χ0) is 12.8. The topological polar surface area (TPSA) is 69.2 Å². The molecule has 0 saturated heterocycles. The summed E-state index contributed by atoms with van der Waals surface area (Å²) in [5.41, 5.74) is 0.0973. The second-order valence-electron chi connectivity index (χ2n) is 3.35. The van der Waals surface area contributed by atoms with Crippen molar-refractivity contribution >= 4 is 23.5 Å². The zero-order valence-electron chi connectivity index (χ0n) is 8.83. The van der Waals surface area contributed by atoms with Gasteiger partial charge in [-0.1, -0.05) is 17.7 Å². The fourth-order valence-electron chi connectivity index (χ4n) is 1.23. The van der Waals surface area contributed by atoms with Crippen molar-refractivity contribution in [3.05, 3.63) is 34.6 Å². The Hall–Kier alpha value is -1.62. The Balaban J connectivity index is 2.53. The maximum atomic E-state index is 13.3. The van der Waals surface area contributed by atoms with Gasteiger partial charge in [0.15, 0.2) is 0 Å². The third-order valence-electron chi connectivity index (χ3n) is 2.05.